The van der Waals surface area contributed by atoms with Crippen molar-refractivity contribution in [1.82, 2.24) is 10.6 Å². The smallest absolute Gasteiger partial charge is 0.191 e. The Balaban J connectivity index is 0.00000288. The number of guanidine groups is 1. The molecule has 1 aliphatic rings. The molecule has 1 aromatic rings. The molecule has 1 heterocycles. The molecule has 1 unspecified atom stereocenters. The van der Waals surface area contributed by atoms with Crippen molar-refractivity contribution in [3.63, 3.8) is 0 Å². The summed E-state index contributed by atoms with van der Waals surface area (Å²) in [6.45, 7) is 2.89. The van der Waals surface area contributed by atoms with E-state index in [1.807, 2.05) is 6.92 Å². The van der Waals surface area contributed by atoms with Crippen LogP contribution in [0.5, 0.6) is 0 Å². The SMILES string of the molecule is CCNC(=NCCc1cc(F)cc(F)c1)NC1CCS(=O)(=O)C1.I. The minimum atomic E-state index is -2.96. The van der Waals surface area contributed by atoms with Gasteiger partial charge in [-0.25, -0.2) is 17.2 Å². The van der Waals surface area contributed by atoms with Crippen molar-refractivity contribution in [3.05, 3.63) is 35.4 Å². The quantitative estimate of drug-likeness (QED) is 0.389. The first-order chi connectivity index (χ1) is 10.9. The average Bonchev–Trinajstić information content (AvgIpc) is 2.77. The maximum absolute atomic E-state index is 13.1. The van der Waals surface area contributed by atoms with E-state index >= 15 is 0 Å². The van der Waals surface area contributed by atoms with Crippen molar-refractivity contribution < 1.29 is 17.2 Å². The topological polar surface area (TPSA) is 70.6 Å². The molecule has 0 radical (unpaired) electrons. The van der Waals surface area contributed by atoms with Crippen molar-refractivity contribution in [3.8, 4) is 0 Å². The van der Waals surface area contributed by atoms with E-state index in [9.17, 15) is 17.2 Å². The lowest BCUT2D eigenvalue weighted by Crippen LogP contribution is -2.44. The van der Waals surface area contributed by atoms with Crippen LogP contribution >= 0.6 is 24.0 Å². The Kier molecular flexibility index (Phi) is 8.34. The van der Waals surface area contributed by atoms with Crippen LogP contribution in [0.15, 0.2) is 23.2 Å². The van der Waals surface area contributed by atoms with Gasteiger partial charge in [0.2, 0.25) is 0 Å². The van der Waals surface area contributed by atoms with E-state index in [0.29, 0.717) is 37.5 Å². The summed E-state index contributed by atoms with van der Waals surface area (Å²) in [5.41, 5.74) is 0.533. The van der Waals surface area contributed by atoms with Gasteiger partial charge in [-0.15, -0.1) is 24.0 Å². The second kappa shape index (κ2) is 9.50. The van der Waals surface area contributed by atoms with Gasteiger partial charge >= 0.3 is 0 Å². The predicted molar refractivity (Wildman–Crippen MR) is 102 cm³/mol. The van der Waals surface area contributed by atoms with Crippen LogP contribution in [0.25, 0.3) is 0 Å². The van der Waals surface area contributed by atoms with E-state index in [-0.39, 0.29) is 41.5 Å². The number of hydrogen-bond donors (Lipinski definition) is 2. The first-order valence-electron chi connectivity index (χ1n) is 7.58. The van der Waals surface area contributed by atoms with Crippen LogP contribution in [0.2, 0.25) is 0 Å². The van der Waals surface area contributed by atoms with Crippen LogP contribution in [0.4, 0.5) is 8.78 Å². The van der Waals surface area contributed by atoms with Crippen LogP contribution in [0.3, 0.4) is 0 Å². The Morgan fingerprint density at radius 3 is 2.50 bits per heavy atom. The largest absolute Gasteiger partial charge is 0.357 e. The van der Waals surface area contributed by atoms with Crippen LogP contribution in [-0.4, -0.2) is 45.0 Å². The summed E-state index contributed by atoms with van der Waals surface area (Å²) in [4.78, 5) is 4.33. The maximum Gasteiger partial charge on any atom is 0.191 e. The standard InChI is InChI=1S/C15H21F2N3O2S.HI/c1-2-18-15(20-14-4-6-23(21,22)10-14)19-5-3-11-7-12(16)9-13(17)8-11;/h7-9,14H,2-6,10H2,1H3,(H2,18,19,20);1H. The number of nitrogens with zero attached hydrogens (tertiary/aromatic N) is 1. The zero-order valence-corrected chi connectivity index (χ0v) is 16.5. The predicted octanol–water partition coefficient (Wildman–Crippen LogP) is 1.87. The molecule has 2 N–H and O–H groups in total. The van der Waals surface area contributed by atoms with E-state index in [2.05, 4.69) is 15.6 Å². The third-order valence-electron chi connectivity index (χ3n) is 3.51. The number of nitrogens with one attached hydrogen (secondary N) is 2. The normalized spacial score (nSPS) is 19.6. The van der Waals surface area contributed by atoms with Crippen molar-refractivity contribution >= 4 is 39.8 Å². The Hall–Kier alpha value is -0.970. The molecule has 0 amide bonds. The first-order valence-corrected chi connectivity index (χ1v) is 9.40. The Morgan fingerprint density at radius 2 is 1.96 bits per heavy atom. The molecular formula is C15H22F2IN3O2S. The number of rotatable bonds is 5. The molecule has 0 spiro atoms. The van der Waals surface area contributed by atoms with Crippen molar-refractivity contribution in [1.29, 1.82) is 0 Å². The Bertz CT molecular complexity index is 663. The molecule has 24 heavy (non-hydrogen) atoms. The molecule has 0 bridgehead atoms. The van der Waals surface area contributed by atoms with Crippen molar-refractivity contribution in [2.24, 2.45) is 4.99 Å². The maximum atomic E-state index is 13.1. The Morgan fingerprint density at radius 1 is 1.29 bits per heavy atom. The van der Waals surface area contributed by atoms with Crippen LogP contribution in [0.1, 0.15) is 18.9 Å². The van der Waals surface area contributed by atoms with Gasteiger partial charge in [0.15, 0.2) is 15.8 Å². The number of benzene rings is 1. The molecule has 9 heteroatoms. The molecule has 1 atom stereocenters. The fourth-order valence-corrected chi connectivity index (χ4v) is 4.15. The van der Waals surface area contributed by atoms with E-state index in [0.717, 1.165) is 6.07 Å². The second-order valence-corrected chi connectivity index (χ2v) is 7.76. The highest BCUT2D eigenvalue weighted by atomic mass is 127. The lowest BCUT2D eigenvalue weighted by molar-refractivity contribution is 0.579. The lowest BCUT2D eigenvalue weighted by atomic mass is 10.1. The molecule has 0 aliphatic carbocycles. The van der Waals surface area contributed by atoms with Crippen molar-refractivity contribution in [2.45, 2.75) is 25.8 Å². The van der Waals surface area contributed by atoms with Gasteiger partial charge in [0.05, 0.1) is 11.5 Å². The molecule has 2 rings (SSSR count). The average molecular weight is 473 g/mol. The fraction of sp³-hybridized carbons (Fsp3) is 0.533. The molecule has 1 aromatic carbocycles. The summed E-state index contributed by atoms with van der Waals surface area (Å²) in [5.74, 6) is -0.402. The van der Waals surface area contributed by atoms with Gasteiger partial charge in [0, 0.05) is 25.2 Å². The summed E-state index contributed by atoms with van der Waals surface area (Å²) in [6, 6.07) is 3.24. The number of aliphatic imine (C=N–C) groups is 1. The van der Waals surface area contributed by atoms with Crippen molar-refractivity contribution in [2.75, 3.05) is 24.6 Å². The highest BCUT2D eigenvalue weighted by Gasteiger charge is 2.28. The zero-order valence-electron chi connectivity index (χ0n) is 13.4. The summed E-state index contributed by atoms with van der Waals surface area (Å²) in [6.07, 6.45) is 0.954. The molecular weight excluding hydrogens is 451 g/mol. The fourth-order valence-electron chi connectivity index (χ4n) is 2.47. The summed E-state index contributed by atoms with van der Waals surface area (Å²) in [5, 5.41) is 6.13. The van der Waals surface area contributed by atoms with Gasteiger partial charge in [-0.05, 0) is 37.5 Å². The second-order valence-electron chi connectivity index (χ2n) is 5.53. The molecule has 5 nitrogen and oxygen atoms in total. The molecule has 1 fully saturated rings. The minimum absolute atomic E-state index is 0. The van der Waals surface area contributed by atoms with Gasteiger partial charge in [-0.1, -0.05) is 0 Å². The molecule has 1 aliphatic heterocycles. The van der Waals surface area contributed by atoms with E-state index < -0.39 is 21.5 Å². The first kappa shape index (κ1) is 21.1. The van der Waals surface area contributed by atoms with Gasteiger partial charge in [-0.2, -0.15) is 0 Å². The zero-order chi connectivity index (χ0) is 16.9. The highest BCUT2D eigenvalue weighted by molar-refractivity contribution is 14.0. The molecule has 1 saturated heterocycles. The van der Waals surface area contributed by atoms with Gasteiger partial charge < -0.3 is 10.6 Å². The summed E-state index contributed by atoms with van der Waals surface area (Å²) < 4.78 is 49.2. The van der Waals surface area contributed by atoms with Crippen LogP contribution < -0.4 is 10.6 Å². The van der Waals surface area contributed by atoms with Crippen LogP contribution in [0, 0.1) is 11.6 Å². The minimum Gasteiger partial charge on any atom is -0.357 e. The third-order valence-corrected chi connectivity index (χ3v) is 5.28. The molecule has 0 saturated carbocycles. The monoisotopic (exact) mass is 473 g/mol. The van der Waals surface area contributed by atoms with Gasteiger partial charge in [0.25, 0.3) is 0 Å². The molecule has 136 valence electrons. The molecule has 0 aromatic heterocycles. The third kappa shape index (κ3) is 6.88. The lowest BCUT2D eigenvalue weighted by Gasteiger charge is -2.15. The summed E-state index contributed by atoms with van der Waals surface area (Å²) in [7, 11) is -2.96. The number of sulfone groups is 1. The Labute approximate surface area is 158 Å². The highest BCUT2D eigenvalue weighted by Crippen LogP contribution is 2.11. The van der Waals surface area contributed by atoms with Crippen LogP contribution in [-0.2, 0) is 16.3 Å². The van der Waals surface area contributed by atoms with E-state index in [1.165, 1.54) is 12.1 Å². The van der Waals surface area contributed by atoms with E-state index in [4.69, 9.17) is 0 Å². The van der Waals surface area contributed by atoms with Gasteiger partial charge in [0.1, 0.15) is 11.6 Å². The van der Waals surface area contributed by atoms with Gasteiger partial charge in [-0.3, -0.25) is 4.99 Å². The summed E-state index contributed by atoms with van der Waals surface area (Å²) >= 11 is 0. The van der Waals surface area contributed by atoms with E-state index in [1.54, 1.807) is 0 Å². The number of hydrogen-bond acceptors (Lipinski definition) is 3. The number of halogens is 3.